The first-order chi connectivity index (χ1) is 13.6. The minimum absolute atomic E-state index is 0.165. The molecule has 2 aromatic carbocycles. The summed E-state index contributed by atoms with van der Waals surface area (Å²) in [5, 5.41) is 16.1. The Bertz CT molecular complexity index is 964. The molecular weight excluding hydrogens is 356 g/mol. The predicted molar refractivity (Wildman–Crippen MR) is 107 cm³/mol. The Kier molecular flexibility index (Phi) is 6.39. The lowest BCUT2D eigenvalue weighted by Gasteiger charge is -2.09. The number of hydrogen-bond donors (Lipinski definition) is 2. The van der Waals surface area contributed by atoms with Crippen molar-refractivity contribution in [3.05, 3.63) is 76.7 Å². The molecule has 1 unspecified atom stereocenters. The molecule has 3 aromatic rings. The van der Waals surface area contributed by atoms with Gasteiger partial charge < -0.3 is 10.4 Å². The zero-order valence-corrected chi connectivity index (χ0v) is 15.8. The second kappa shape index (κ2) is 9.14. The van der Waals surface area contributed by atoms with Crippen molar-refractivity contribution in [3.8, 4) is 11.4 Å². The highest BCUT2D eigenvalue weighted by Crippen LogP contribution is 2.15. The smallest absolute Gasteiger partial charge is 0.346 e. The van der Waals surface area contributed by atoms with E-state index in [9.17, 15) is 9.59 Å². The molecule has 0 aliphatic carbocycles. The first-order valence-electron chi connectivity index (χ1n) is 9.25. The number of aliphatic hydroxyl groups excluding tert-OH is 1. The van der Waals surface area contributed by atoms with Crippen molar-refractivity contribution in [3.63, 3.8) is 0 Å². The minimum atomic E-state index is -0.378. The first-order valence-corrected chi connectivity index (χ1v) is 9.25. The fourth-order valence-corrected chi connectivity index (χ4v) is 2.93. The standard InChI is InChI=1S/C21H24N4O3/c1-16(15-26)22-19(27)14-25-21(28)24(13-12-17-8-4-2-5-9-17)20(23-25)18-10-6-3-7-11-18/h2-11,16,26H,12-15H2,1H3,(H,22,27). The number of nitrogens with one attached hydrogen (secondary N) is 1. The van der Waals surface area contributed by atoms with Gasteiger partial charge in [0.25, 0.3) is 0 Å². The van der Waals surface area contributed by atoms with Gasteiger partial charge in [-0.1, -0.05) is 60.7 Å². The molecule has 2 N–H and O–H groups in total. The molecule has 1 aromatic heterocycles. The average Bonchev–Trinajstić information content (AvgIpc) is 3.03. The van der Waals surface area contributed by atoms with Gasteiger partial charge in [0.1, 0.15) is 6.54 Å². The molecular formula is C21H24N4O3. The van der Waals surface area contributed by atoms with Gasteiger partial charge >= 0.3 is 5.69 Å². The SMILES string of the molecule is CC(CO)NC(=O)Cn1nc(-c2ccccc2)n(CCc2ccccc2)c1=O. The van der Waals surface area contributed by atoms with Crippen LogP contribution in [0.15, 0.2) is 65.5 Å². The number of aliphatic hydroxyl groups is 1. The molecule has 0 aliphatic rings. The van der Waals surface area contributed by atoms with Crippen LogP contribution < -0.4 is 11.0 Å². The van der Waals surface area contributed by atoms with Gasteiger partial charge in [-0.2, -0.15) is 0 Å². The summed E-state index contributed by atoms with van der Waals surface area (Å²) in [7, 11) is 0. The zero-order chi connectivity index (χ0) is 19.9. The van der Waals surface area contributed by atoms with Crippen LogP contribution in [0.25, 0.3) is 11.4 Å². The van der Waals surface area contributed by atoms with Crippen molar-refractivity contribution < 1.29 is 9.90 Å². The monoisotopic (exact) mass is 380 g/mol. The molecule has 3 rings (SSSR count). The number of amides is 1. The normalized spacial score (nSPS) is 11.9. The van der Waals surface area contributed by atoms with E-state index >= 15 is 0 Å². The van der Waals surface area contributed by atoms with E-state index in [1.165, 1.54) is 4.68 Å². The molecule has 0 radical (unpaired) electrons. The summed E-state index contributed by atoms with van der Waals surface area (Å²) in [5.74, 6) is 0.167. The summed E-state index contributed by atoms with van der Waals surface area (Å²) in [6.45, 7) is 1.79. The molecule has 28 heavy (non-hydrogen) atoms. The van der Waals surface area contributed by atoms with Gasteiger partial charge in [-0.05, 0) is 18.9 Å². The van der Waals surface area contributed by atoms with E-state index in [4.69, 9.17) is 5.11 Å². The summed E-state index contributed by atoms with van der Waals surface area (Å²) in [4.78, 5) is 25.0. The number of hydrogen-bond acceptors (Lipinski definition) is 4. The number of aryl methyl sites for hydroxylation is 1. The van der Waals surface area contributed by atoms with Crippen molar-refractivity contribution in [2.75, 3.05) is 6.61 Å². The zero-order valence-electron chi connectivity index (χ0n) is 15.8. The lowest BCUT2D eigenvalue weighted by molar-refractivity contribution is -0.122. The third-order valence-corrected chi connectivity index (χ3v) is 4.40. The summed E-state index contributed by atoms with van der Waals surface area (Å²) in [6, 6.07) is 19.0. The Morgan fingerprint density at radius 3 is 2.39 bits per heavy atom. The van der Waals surface area contributed by atoms with E-state index in [-0.39, 0.29) is 30.8 Å². The average molecular weight is 380 g/mol. The second-order valence-corrected chi connectivity index (χ2v) is 6.67. The summed E-state index contributed by atoms with van der Waals surface area (Å²) in [6.07, 6.45) is 0.681. The van der Waals surface area contributed by atoms with Gasteiger partial charge in [0, 0.05) is 18.2 Å². The van der Waals surface area contributed by atoms with Crippen LogP contribution in [0.5, 0.6) is 0 Å². The number of aromatic nitrogens is 3. The lowest BCUT2D eigenvalue weighted by atomic mass is 10.1. The van der Waals surface area contributed by atoms with Gasteiger partial charge in [-0.25, -0.2) is 9.48 Å². The molecule has 0 saturated carbocycles. The molecule has 7 heteroatoms. The van der Waals surface area contributed by atoms with E-state index in [0.29, 0.717) is 18.8 Å². The largest absolute Gasteiger partial charge is 0.394 e. The molecule has 0 saturated heterocycles. The van der Waals surface area contributed by atoms with E-state index in [0.717, 1.165) is 11.1 Å². The minimum Gasteiger partial charge on any atom is -0.394 e. The van der Waals surface area contributed by atoms with Gasteiger partial charge in [0.2, 0.25) is 5.91 Å². The summed E-state index contributed by atoms with van der Waals surface area (Å²) < 4.78 is 2.78. The Morgan fingerprint density at radius 2 is 1.75 bits per heavy atom. The van der Waals surface area contributed by atoms with Crippen molar-refractivity contribution in [2.45, 2.75) is 32.5 Å². The van der Waals surface area contributed by atoms with Gasteiger partial charge in [-0.15, -0.1) is 5.10 Å². The Morgan fingerprint density at radius 1 is 1.11 bits per heavy atom. The topological polar surface area (TPSA) is 89.2 Å². The van der Waals surface area contributed by atoms with Crippen LogP contribution in [0.3, 0.4) is 0 Å². The maximum atomic E-state index is 12.9. The van der Waals surface area contributed by atoms with Crippen LogP contribution in [0.2, 0.25) is 0 Å². The van der Waals surface area contributed by atoms with E-state index in [2.05, 4.69) is 10.4 Å². The highest BCUT2D eigenvalue weighted by atomic mass is 16.3. The third-order valence-electron chi connectivity index (χ3n) is 4.40. The highest BCUT2D eigenvalue weighted by molar-refractivity contribution is 5.76. The second-order valence-electron chi connectivity index (χ2n) is 6.67. The molecule has 1 amide bonds. The van der Waals surface area contributed by atoms with Crippen molar-refractivity contribution >= 4 is 5.91 Å². The fourth-order valence-electron chi connectivity index (χ4n) is 2.93. The van der Waals surface area contributed by atoms with Crippen molar-refractivity contribution in [2.24, 2.45) is 0 Å². The van der Waals surface area contributed by atoms with Crippen LogP contribution in [0.1, 0.15) is 12.5 Å². The Hall–Kier alpha value is -3.19. The maximum absolute atomic E-state index is 12.9. The third kappa shape index (κ3) is 4.75. The summed E-state index contributed by atoms with van der Waals surface area (Å²) >= 11 is 0. The van der Waals surface area contributed by atoms with Crippen LogP contribution in [0, 0.1) is 0 Å². The predicted octanol–water partition coefficient (Wildman–Crippen LogP) is 1.45. The number of carbonyl (C=O) groups excluding carboxylic acids is 1. The van der Waals surface area contributed by atoms with E-state index in [1.54, 1.807) is 11.5 Å². The van der Waals surface area contributed by atoms with Crippen molar-refractivity contribution in [1.29, 1.82) is 0 Å². The molecule has 146 valence electrons. The molecule has 0 fully saturated rings. The lowest BCUT2D eigenvalue weighted by Crippen LogP contribution is -2.39. The van der Waals surface area contributed by atoms with E-state index in [1.807, 2.05) is 60.7 Å². The Balaban J connectivity index is 1.89. The van der Waals surface area contributed by atoms with Crippen LogP contribution in [0.4, 0.5) is 0 Å². The fraction of sp³-hybridized carbons (Fsp3) is 0.286. The maximum Gasteiger partial charge on any atom is 0.346 e. The van der Waals surface area contributed by atoms with Crippen molar-refractivity contribution in [1.82, 2.24) is 19.7 Å². The number of rotatable bonds is 8. The van der Waals surface area contributed by atoms with Crippen LogP contribution >= 0.6 is 0 Å². The first kappa shape index (κ1) is 19.6. The molecule has 0 bridgehead atoms. The Labute approximate surface area is 163 Å². The highest BCUT2D eigenvalue weighted by Gasteiger charge is 2.17. The number of nitrogens with zero attached hydrogens (tertiary/aromatic N) is 3. The molecule has 1 atom stereocenters. The van der Waals surface area contributed by atoms with Gasteiger partial charge in [-0.3, -0.25) is 9.36 Å². The molecule has 1 heterocycles. The van der Waals surface area contributed by atoms with Gasteiger partial charge in [0.15, 0.2) is 5.82 Å². The van der Waals surface area contributed by atoms with Gasteiger partial charge in [0.05, 0.1) is 6.61 Å². The van der Waals surface area contributed by atoms with Crippen LogP contribution in [-0.2, 0) is 24.3 Å². The van der Waals surface area contributed by atoms with Crippen LogP contribution in [-0.4, -0.2) is 38.0 Å². The molecule has 7 nitrogen and oxygen atoms in total. The quantitative estimate of drug-likeness (QED) is 0.619. The van der Waals surface area contributed by atoms with E-state index < -0.39 is 0 Å². The molecule has 0 spiro atoms. The molecule has 0 aliphatic heterocycles. The number of carbonyl (C=O) groups is 1. The number of benzene rings is 2. The summed E-state index contributed by atoms with van der Waals surface area (Å²) in [5.41, 5.74) is 1.60.